The second-order valence-corrected chi connectivity index (χ2v) is 3.74. The summed E-state index contributed by atoms with van der Waals surface area (Å²) in [5, 5.41) is 3.37. The highest BCUT2D eigenvalue weighted by molar-refractivity contribution is 5.11. The van der Waals surface area contributed by atoms with E-state index in [9.17, 15) is 0 Å². The molecule has 0 aromatic carbocycles. The molecular formula is C13H20N2. The second kappa shape index (κ2) is 6.31. The van der Waals surface area contributed by atoms with Crippen LogP contribution in [0.25, 0.3) is 0 Å². The SMILES string of the molecule is C#CC(CCC)NCc1ccn(CC)c1. The third-order valence-electron chi connectivity index (χ3n) is 2.51. The molecule has 1 N–H and O–H groups in total. The number of terminal acetylenes is 1. The van der Waals surface area contributed by atoms with Gasteiger partial charge in [-0.15, -0.1) is 6.42 Å². The highest BCUT2D eigenvalue weighted by Crippen LogP contribution is 2.02. The predicted molar refractivity (Wildman–Crippen MR) is 64.5 cm³/mol. The maximum atomic E-state index is 5.44. The normalized spacial score (nSPS) is 12.3. The molecule has 0 fully saturated rings. The second-order valence-electron chi connectivity index (χ2n) is 3.74. The molecule has 1 unspecified atom stereocenters. The largest absolute Gasteiger partial charge is 0.354 e. The molecule has 0 aliphatic rings. The quantitative estimate of drug-likeness (QED) is 0.704. The lowest BCUT2D eigenvalue weighted by atomic mass is 10.2. The van der Waals surface area contributed by atoms with Crippen molar-refractivity contribution in [3.8, 4) is 12.3 Å². The van der Waals surface area contributed by atoms with Crippen LogP contribution in [0.15, 0.2) is 18.5 Å². The Balaban J connectivity index is 2.39. The Labute approximate surface area is 92.7 Å². The summed E-state index contributed by atoms with van der Waals surface area (Å²) in [5.41, 5.74) is 1.30. The van der Waals surface area contributed by atoms with E-state index in [2.05, 4.69) is 48.1 Å². The maximum Gasteiger partial charge on any atom is 0.0689 e. The van der Waals surface area contributed by atoms with E-state index in [1.54, 1.807) is 0 Å². The fourth-order valence-electron chi connectivity index (χ4n) is 1.57. The van der Waals surface area contributed by atoms with Crippen molar-refractivity contribution in [2.75, 3.05) is 0 Å². The molecule has 0 saturated heterocycles. The molecule has 0 aliphatic carbocycles. The third kappa shape index (κ3) is 3.81. The summed E-state index contributed by atoms with van der Waals surface area (Å²) < 4.78 is 2.17. The molecule has 1 heterocycles. The molecule has 1 aromatic heterocycles. The summed E-state index contributed by atoms with van der Waals surface area (Å²) in [6.07, 6.45) is 11.9. The van der Waals surface area contributed by atoms with Crippen LogP contribution in [0.2, 0.25) is 0 Å². The summed E-state index contributed by atoms with van der Waals surface area (Å²) in [5.74, 6) is 2.78. The number of rotatable bonds is 6. The molecule has 2 heteroatoms. The van der Waals surface area contributed by atoms with Gasteiger partial charge < -0.3 is 4.57 Å². The zero-order valence-corrected chi connectivity index (χ0v) is 9.66. The van der Waals surface area contributed by atoms with Gasteiger partial charge in [0.15, 0.2) is 0 Å². The van der Waals surface area contributed by atoms with Gasteiger partial charge in [0.05, 0.1) is 6.04 Å². The third-order valence-corrected chi connectivity index (χ3v) is 2.51. The lowest BCUT2D eigenvalue weighted by molar-refractivity contribution is 0.562. The average molecular weight is 204 g/mol. The summed E-state index contributed by atoms with van der Waals surface area (Å²) in [6.45, 7) is 6.17. The molecule has 2 nitrogen and oxygen atoms in total. The molecule has 82 valence electrons. The maximum absolute atomic E-state index is 5.44. The highest BCUT2D eigenvalue weighted by Gasteiger charge is 2.03. The number of nitrogens with zero attached hydrogens (tertiary/aromatic N) is 1. The summed E-state index contributed by atoms with van der Waals surface area (Å²) in [6, 6.07) is 2.34. The van der Waals surface area contributed by atoms with Gasteiger partial charge in [0, 0.05) is 25.5 Å². The fourth-order valence-corrected chi connectivity index (χ4v) is 1.57. The Bertz CT molecular complexity index is 320. The Morgan fingerprint density at radius 2 is 2.33 bits per heavy atom. The standard InChI is InChI=1S/C13H20N2/c1-4-7-13(5-2)14-10-12-8-9-15(6-3)11-12/h2,8-9,11,13-14H,4,6-7,10H2,1,3H3. The molecule has 0 spiro atoms. The van der Waals surface area contributed by atoms with Crippen molar-refractivity contribution in [2.45, 2.75) is 45.8 Å². The van der Waals surface area contributed by atoms with Gasteiger partial charge in [0.2, 0.25) is 0 Å². The van der Waals surface area contributed by atoms with Crippen LogP contribution in [0.3, 0.4) is 0 Å². The van der Waals surface area contributed by atoms with Crippen LogP contribution in [-0.4, -0.2) is 10.6 Å². The van der Waals surface area contributed by atoms with Gasteiger partial charge in [-0.05, 0) is 25.0 Å². The first-order valence-electron chi connectivity index (χ1n) is 5.64. The first-order chi connectivity index (χ1) is 7.30. The zero-order valence-electron chi connectivity index (χ0n) is 9.66. The highest BCUT2D eigenvalue weighted by atomic mass is 14.9. The van der Waals surface area contributed by atoms with Crippen molar-refractivity contribution in [3.63, 3.8) is 0 Å². The van der Waals surface area contributed by atoms with Crippen LogP contribution in [0.1, 0.15) is 32.3 Å². The molecule has 0 bridgehead atoms. The van der Waals surface area contributed by atoms with E-state index in [1.165, 1.54) is 5.56 Å². The Kier molecular flexibility index (Phi) is 5.00. The molecule has 0 saturated carbocycles. The van der Waals surface area contributed by atoms with Gasteiger partial charge in [-0.1, -0.05) is 19.3 Å². The average Bonchev–Trinajstić information content (AvgIpc) is 2.72. The first kappa shape index (κ1) is 11.9. The van der Waals surface area contributed by atoms with E-state index < -0.39 is 0 Å². The molecule has 1 aromatic rings. The summed E-state index contributed by atoms with van der Waals surface area (Å²) in [4.78, 5) is 0. The van der Waals surface area contributed by atoms with E-state index in [0.717, 1.165) is 25.9 Å². The number of aromatic nitrogens is 1. The Morgan fingerprint density at radius 3 is 2.87 bits per heavy atom. The van der Waals surface area contributed by atoms with Crippen LogP contribution in [0.4, 0.5) is 0 Å². The van der Waals surface area contributed by atoms with Crippen molar-refractivity contribution in [1.29, 1.82) is 0 Å². The topological polar surface area (TPSA) is 17.0 Å². The van der Waals surface area contributed by atoms with Crippen LogP contribution in [0, 0.1) is 12.3 Å². The van der Waals surface area contributed by atoms with Crippen molar-refractivity contribution in [2.24, 2.45) is 0 Å². The van der Waals surface area contributed by atoms with Gasteiger partial charge in [-0.25, -0.2) is 0 Å². The van der Waals surface area contributed by atoms with Gasteiger partial charge in [0.1, 0.15) is 0 Å². The van der Waals surface area contributed by atoms with E-state index in [0.29, 0.717) is 0 Å². The minimum Gasteiger partial charge on any atom is -0.354 e. The molecule has 0 amide bonds. The molecule has 0 aliphatic heterocycles. The van der Waals surface area contributed by atoms with Crippen LogP contribution < -0.4 is 5.32 Å². The van der Waals surface area contributed by atoms with Crippen molar-refractivity contribution < 1.29 is 0 Å². The van der Waals surface area contributed by atoms with E-state index in [4.69, 9.17) is 6.42 Å². The van der Waals surface area contributed by atoms with E-state index in [-0.39, 0.29) is 6.04 Å². The minimum absolute atomic E-state index is 0.208. The van der Waals surface area contributed by atoms with Crippen LogP contribution in [0.5, 0.6) is 0 Å². The van der Waals surface area contributed by atoms with Gasteiger partial charge in [-0.3, -0.25) is 5.32 Å². The first-order valence-corrected chi connectivity index (χ1v) is 5.64. The van der Waals surface area contributed by atoms with Gasteiger partial charge in [0.25, 0.3) is 0 Å². The molecule has 1 atom stereocenters. The van der Waals surface area contributed by atoms with Gasteiger partial charge >= 0.3 is 0 Å². The number of hydrogen-bond acceptors (Lipinski definition) is 1. The number of aryl methyl sites for hydroxylation is 1. The van der Waals surface area contributed by atoms with E-state index in [1.807, 2.05) is 0 Å². The number of nitrogens with one attached hydrogen (secondary N) is 1. The van der Waals surface area contributed by atoms with Crippen molar-refractivity contribution in [3.05, 3.63) is 24.0 Å². The Morgan fingerprint density at radius 1 is 1.53 bits per heavy atom. The molecular weight excluding hydrogens is 184 g/mol. The van der Waals surface area contributed by atoms with Gasteiger partial charge in [-0.2, -0.15) is 0 Å². The van der Waals surface area contributed by atoms with E-state index >= 15 is 0 Å². The summed E-state index contributed by atoms with van der Waals surface area (Å²) >= 11 is 0. The minimum atomic E-state index is 0.208. The predicted octanol–water partition coefficient (Wildman–Crippen LogP) is 2.40. The monoisotopic (exact) mass is 204 g/mol. The fraction of sp³-hybridized carbons (Fsp3) is 0.538. The van der Waals surface area contributed by atoms with Crippen molar-refractivity contribution >= 4 is 0 Å². The molecule has 15 heavy (non-hydrogen) atoms. The summed E-state index contributed by atoms with van der Waals surface area (Å²) in [7, 11) is 0. The number of hydrogen-bond donors (Lipinski definition) is 1. The smallest absolute Gasteiger partial charge is 0.0689 e. The lowest BCUT2D eigenvalue weighted by Gasteiger charge is -2.10. The lowest BCUT2D eigenvalue weighted by Crippen LogP contribution is -2.26. The molecule has 1 rings (SSSR count). The Hall–Kier alpha value is -1.20. The van der Waals surface area contributed by atoms with Crippen LogP contribution >= 0.6 is 0 Å². The molecule has 0 radical (unpaired) electrons. The zero-order chi connectivity index (χ0) is 11.1. The van der Waals surface area contributed by atoms with Crippen LogP contribution in [-0.2, 0) is 13.1 Å². The van der Waals surface area contributed by atoms with Crippen molar-refractivity contribution in [1.82, 2.24) is 9.88 Å².